The van der Waals surface area contributed by atoms with E-state index in [9.17, 15) is 13.2 Å². The van der Waals surface area contributed by atoms with Crippen LogP contribution in [0.4, 0.5) is 13.2 Å². The smallest absolute Gasteiger partial charge is 0.184 e. The molecule has 1 aliphatic rings. The standard InChI is InChI=1S/C21H19F3O2/c1-2-3-15-12-25-21(26-13-15)16-10-19(23)18(20(24)11-16)9-6-14-4-7-17(22)8-5-14/h4-5,7-8,10-11,15,21H,2-3,12-13H2,1H3. The van der Waals surface area contributed by atoms with E-state index in [4.69, 9.17) is 9.47 Å². The third-order valence-electron chi connectivity index (χ3n) is 4.18. The van der Waals surface area contributed by atoms with Crippen LogP contribution < -0.4 is 0 Å². The van der Waals surface area contributed by atoms with E-state index < -0.39 is 23.7 Å². The molecule has 0 aliphatic carbocycles. The molecular weight excluding hydrogens is 341 g/mol. The van der Waals surface area contributed by atoms with E-state index in [0.29, 0.717) is 30.3 Å². The van der Waals surface area contributed by atoms with Crippen LogP contribution in [0.25, 0.3) is 0 Å². The largest absolute Gasteiger partial charge is 0.348 e. The first-order valence-corrected chi connectivity index (χ1v) is 8.56. The van der Waals surface area contributed by atoms with Gasteiger partial charge in [0, 0.05) is 17.0 Å². The highest BCUT2D eigenvalue weighted by Crippen LogP contribution is 2.29. The fourth-order valence-electron chi connectivity index (χ4n) is 2.83. The summed E-state index contributed by atoms with van der Waals surface area (Å²) in [6, 6.07) is 7.74. The topological polar surface area (TPSA) is 18.5 Å². The van der Waals surface area contributed by atoms with Crippen LogP contribution in [0.1, 0.15) is 42.7 Å². The van der Waals surface area contributed by atoms with Gasteiger partial charge in [0.15, 0.2) is 6.29 Å². The van der Waals surface area contributed by atoms with Crippen LogP contribution in [-0.2, 0) is 9.47 Å². The SMILES string of the molecule is CCCC1COC(c2cc(F)c(C#Cc3ccc(F)cc3)c(F)c2)OC1. The van der Waals surface area contributed by atoms with Gasteiger partial charge in [0.2, 0.25) is 0 Å². The zero-order valence-electron chi connectivity index (χ0n) is 14.4. The first kappa shape index (κ1) is 18.5. The molecular formula is C21H19F3O2. The van der Waals surface area contributed by atoms with Crippen molar-refractivity contribution in [1.82, 2.24) is 0 Å². The first-order chi connectivity index (χ1) is 12.6. The lowest BCUT2D eigenvalue weighted by molar-refractivity contribution is -0.206. The maximum absolute atomic E-state index is 14.3. The molecule has 1 heterocycles. The highest BCUT2D eigenvalue weighted by Gasteiger charge is 2.24. The normalized spacial score (nSPS) is 19.7. The van der Waals surface area contributed by atoms with E-state index in [1.54, 1.807) is 0 Å². The van der Waals surface area contributed by atoms with Crippen LogP contribution in [0.2, 0.25) is 0 Å². The molecule has 0 aromatic heterocycles. The van der Waals surface area contributed by atoms with Crippen LogP contribution in [0.15, 0.2) is 36.4 Å². The molecule has 0 amide bonds. The fourth-order valence-corrected chi connectivity index (χ4v) is 2.83. The minimum Gasteiger partial charge on any atom is -0.348 e. The summed E-state index contributed by atoms with van der Waals surface area (Å²) in [5.41, 5.74) is 0.426. The molecule has 0 saturated carbocycles. The maximum Gasteiger partial charge on any atom is 0.184 e. The molecule has 2 aromatic carbocycles. The lowest BCUT2D eigenvalue weighted by Gasteiger charge is -2.29. The zero-order valence-corrected chi connectivity index (χ0v) is 14.4. The van der Waals surface area contributed by atoms with Crippen molar-refractivity contribution in [3.63, 3.8) is 0 Å². The summed E-state index contributed by atoms with van der Waals surface area (Å²) in [6.07, 6.45) is 1.26. The summed E-state index contributed by atoms with van der Waals surface area (Å²) in [6.45, 7) is 3.10. The molecule has 0 unspecified atom stereocenters. The molecule has 2 nitrogen and oxygen atoms in total. The Balaban J connectivity index is 1.76. The molecule has 1 fully saturated rings. The molecule has 1 aliphatic heterocycles. The van der Waals surface area contributed by atoms with Crippen LogP contribution >= 0.6 is 0 Å². The third kappa shape index (κ3) is 4.46. The van der Waals surface area contributed by atoms with Gasteiger partial charge < -0.3 is 9.47 Å². The summed E-state index contributed by atoms with van der Waals surface area (Å²) in [5, 5.41) is 0. The van der Waals surface area contributed by atoms with Gasteiger partial charge in [-0.1, -0.05) is 25.2 Å². The van der Waals surface area contributed by atoms with E-state index in [-0.39, 0.29) is 5.56 Å². The van der Waals surface area contributed by atoms with Gasteiger partial charge in [-0.05, 0) is 42.8 Å². The molecule has 0 bridgehead atoms. The quantitative estimate of drug-likeness (QED) is 0.720. The second kappa shape index (κ2) is 8.39. The van der Waals surface area contributed by atoms with Crippen molar-refractivity contribution < 1.29 is 22.6 Å². The van der Waals surface area contributed by atoms with Gasteiger partial charge in [0.05, 0.1) is 18.8 Å². The van der Waals surface area contributed by atoms with Gasteiger partial charge in [0.1, 0.15) is 17.5 Å². The Kier molecular flexibility index (Phi) is 5.97. The molecule has 5 heteroatoms. The molecule has 0 radical (unpaired) electrons. The van der Waals surface area contributed by atoms with E-state index in [1.807, 2.05) is 0 Å². The Labute approximate surface area is 150 Å². The average molecular weight is 360 g/mol. The number of halogens is 3. The molecule has 0 spiro atoms. The van der Waals surface area contributed by atoms with Gasteiger partial charge in [0.25, 0.3) is 0 Å². The zero-order chi connectivity index (χ0) is 18.5. The van der Waals surface area contributed by atoms with Gasteiger partial charge in [-0.15, -0.1) is 0 Å². The van der Waals surface area contributed by atoms with E-state index in [2.05, 4.69) is 18.8 Å². The summed E-state index contributed by atoms with van der Waals surface area (Å²) < 4.78 is 52.7. The number of hydrogen-bond acceptors (Lipinski definition) is 2. The maximum atomic E-state index is 14.3. The predicted molar refractivity (Wildman–Crippen MR) is 91.8 cm³/mol. The number of ether oxygens (including phenoxy) is 2. The van der Waals surface area contributed by atoms with Crippen molar-refractivity contribution in [2.24, 2.45) is 5.92 Å². The minimum atomic E-state index is -0.780. The Morgan fingerprint density at radius 2 is 1.58 bits per heavy atom. The van der Waals surface area contributed by atoms with Crippen molar-refractivity contribution >= 4 is 0 Å². The highest BCUT2D eigenvalue weighted by atomic mass is 19.1. The predicted octanol–water partition coefficient (Wildman–Crippen LogP) is 4.97. The molecule has 2 aromatic rings. The molecule has 0 atom stereocenters. The van der Waals surface area contributed by atoms with Crippen LogP contribution in [0, 0.1) is 35.2 Å². The van der Waals surface area contributed by atoms with Crippen molar-refractivity contribution in [3.8, 4) is 11.8 Å². The summed E-state index contributed by atoms with van der Waals surface area (Å²) in [7, 11) is 0. The van der Waals surface area contributed by atoms with Crippen molar-refractivity contribution in [1.29, 1.82) is 0 Å². The van der Waals surface area contributed by atoms with Gasteiger partial charge in [-0.25, -0.2) is 13.2 Å². The molecule has 0 N–H and O–H groups in total. The fraction of sp³-hybridized carbons (Fsp3) is 0.333. The van der Waals surface area contributed by atoms with Crippen LogP contribution in [0.3, 0.4) is 0 Å². The number of hydrogen-bond donors (Lipinski definition) is 0. The molecule has 136 valence electrons. The van der Waals surface area contributed by atoms with E-state index >= 15 is 0 Å². The summed E-state index contributed by atoms with van der Waals surface area (Å²) in [5.74, 6) is 3.45. The minimum absolute atomic E-state index is 0.294. The summed E-state index contributed by atoms with van der Waals surface area (Å²) >= 11 is 0. The van der Waals surface area contributed by atoms with Crippen LogP contribution in [-0.4, -0.2) is 13.2 Å². The van der Waals surface area contributed by atoms with Gasteiger partial charge >= 0.3 is 0 Å². The monoisotopic (exact) mass is 360 g/mol. The average Bonchev–Trinajstić information content (AvgIpc) is 2.63. The van der Waals surface area contributed by atoms with Gasteiger partial charge in [-0.3, -0.25) is 0 Å². The van der Waals surface area contributed by atoms with E-state index in [1.165, 1.54) is 36.4 Å². The molecule has 1 saturated heterocycles. The Morgan fingerprint density at radius 3 is 2.15 bits per heavy atom. The summed E-state index contributed by atoms with van der Waals surface area (Å²) in [4.78, 5) is 0. The lowest BCUT2D eigenvalue weighted by atomic mass is 10.0. The number of benzene rings is 2. The van der Waals surface area contributed by atoms with Crippen molar-refractivity contribution in [3.05, 3.63) is 70.5 Å². The van der Waals surface area contributed by atoms with Gasteiger partial charge in [-0.2, -0.15) is 0 Å². The van der Waals surface area contributed by atoms with Crippen molar-refractivity contribution in [2.45, 2.75) is 26.1 Å². The van der Waals surface area contributed by atoms with Crippen molar-refractivity contribution in [2.75, 3.05) is 13.2 Å². The highest BCUT2D eigenvalue weighted by molar-refractivity contribution is 5.45. The first-order valence-electron chi connectivity index (χ1n) is 8.56. The second-order valence-corrected chi connectivity index (χ2v) is 6.27. The lowest BCUT2D eigenvalue weighted by Crippen LogP contribution is -2.27. The Bertz CT molecular complexity index is 790. The molecule has 26 heavy (non-hydrogen) atoms. The third-order valence-corrected chi connectivity index (χ3v) is 4.18. The Morgan fingerprint density at radius 1 is 0.962 bits per heavy atom. The second-order valence-electron chi connectivity index (χ2n) is 6.27. The molecule has 3 rings (SSSR count). The number of rotatable bonds is 3. The Hall–Kier alpha value is -2.29. The van der Waals surface area contributed by atoms with E-state index in [0.717, 1.165) is 12.8 Å². The van der Waals surface area contributed by atoms with Crippen LogP contribution in [0.5, 0.6) is 0 Å².